The minimum absolute atomic E-state index is 0.136. The van der Waals surface area contributed by atoms with E-state index in [2.05, 4.69) is 29.7 Å². The summed E-state index contributed by atoms with van der Waals surface area (Å²) < 4.78 is 0. The molecule has 0 radical (unpaired) electrons. The fourth-order valence-electron chi connectivity index (χ4n) is 4.20. The maximum atomic E-state index is 13.0. The van der Waals surface area contributed by atoms with Gasteiger partial charge in [-0.25, -0.2) is 5.01 Å². The van der Waals surface area contributed by atoms with E-state index in [1.54, 1.807) is 0 Å². The predicted molar refractivity (Wildman–Crippen MR) is 91.6 cm³/mol. The molecule has 3 nitrogen and oxygen atoms in total. The quantitative estimate of drug-likeness (QED) is 0.844. The van der Waals surface area contributed by atoms with E-state index in [-0.39, 0.29) is 17.4 Å². The van der Waals surface area contributed by atoms with Gasteiger partial charge in [-0.3, -0.25) is 10.2 Å². The summed E-state index contributed by atoms with van der Waals surface area (Å²) in [6.45, 7) is 0. The van der Waals surface area contributed by atoms with Crippen molar-refractivity contribution in [1.82, 2.24) is 5.01 Å². The van der Waals surface area contributed by atoms with Gasteiger partial charge in [0.15, 0.2) is 0 Å². The molecular formula is C20H22N2O. The number of nitrogens with one attached hydrogen (secondary N) is 1. The lowest BCUT2D eigenvalue weighted by molar-refractivity contribution is -0.174. The summed E-state index contributed by atoms with van der Waals surface area (Å²) in [6, 6.07) is 20.6. The molecule has 1 amide bonds. The molecule has 118 valence electrons. The molecule has 2 aliphatic rings. The van der Waals surface area contributed by atoms with Gasteiger partial charge in [-0.2, -0.15) is 0 Å². The lowest BCUT2D eigenvalue weighted by Crippen LogP contribution is -2.65. The molecule has 1 unspecified atom stereocenters. The summed E-state index contributed by atoms with van der Waals surface area (Å²) in [5.74, 6) is 0.259. The van der Waals surface area contributed by atoms with Gasteiger partial charge in [0.1, 0.15) is 0 Å². The molecule has 0 bridgehead atoms. The lowest BCUT2D eigenvalue weighted by atomic mass is 9.61. The van der Waals surface area contributed by atoms with Gasteiger partial charge in [-0.1, -0.05) is 67.8 Å². The summed E-state index contributed by atoms with van der Waals surface area (Å²) >= 11 is 0. The Morgan fingerprint density at radius 2 is 1.48 bits per heavy atom. The van der Waals surface area contributed by atoms with Crippen LogP contribution < -0.4 is 5.43 Å². The second-order valence-corrected chi connectivity index (χ2v) is 6.68. The van der Waals surface area contributed by atoms with Crippen LogP contribution in [0, 0.1) is 5.41 Å². The van der Waals surface area contributed by atoms with Crippen LogP contribution in [0.15, 0.2) is 60.7 Å². The van der Waals surface area contributed by atoms with Crippen LogP contribution in [0.3, 0.4) is 0 Å². The van der Waals surface area contributed by atoms with E-state index < -0.39 is 0 Å². The Bertz CT molecular complexity index is 677. The predicted octanol–water partition coefficient (Wildman–Crippen LogP) is 4.55. The lowest BCUT2D eigenvalue weighted by Gasteiger charge is -2.57. The van der Waals surface area contributed by atoms with Crippen LogP contribution in [-0.4, -0.2) is 10.9 Å². The molecule has 1 heterocycles. The minimum atomic E-state index is -0.193. The molecule has 0 aromatic heterocycles. The topological polar surface area (TPSA) is 32.3 Å². The Hall–Kier alpha value is -2.29. The number of benzene rings is 2. The first-order valence-corrected chi connectivity index (χ1v) is 8.52. The number of carbonyl (C=O) groups is 1. The summed E-state index contributed by atoms with van der Waals surface area (Å²) in [5.41, 5.74) is 5.34. The number of nitrogens with zero attached hydrogens (tertiary/aromatic N) is 1. The van der Waals surface area contributed by atoms with Gasteiger partial charge in [0, 0.05) is 0 Å². The second kappa shape index (κ2) is 5.73. The van der Waals surface area contributed by atoms with E-state index in [0.29, 0.717) is 0 Å². The SMILES string of the molecule is O=C1N(Nc2ccccc2)C(c2ccccc2)C12CCCCC2. The van der Waals surface area contributed by atoms with Crippen molar-refractivity contribution in [2.75, 3.05) is 5.43 Å². The number of amides is 1. The third-order valence-corrected chi connectivity index (χ3v) is 5.31. The van der Waals surface area contributed by atoms with Crippen LogP contribution in [0.4, 0.5) is 5.69 Å². The molecule has 1 N–H and O–H groups in total. The van der Waals surface area contributed by atoms with Crippen LogP contribution in [0.5, 0.6) is 0 Å². The van der Waals surface area contributed by atoms with Gasteiger partial charge in [-0.05, 0) is 30.5 Å². The standard InChI is InChI=1S/C20H22N2O/c23-19-20(14-8-3-9-15-20)18(16-10-4-1-5-11-16)22(19)21-17-12-6-2-7-13-17/h1-2,4-7,10-13,18,21H,3,8-9,14-15H2. The zero-order valence-electron chi connectivity index (χ0n) is 13.2. The van der Waals surface area contributed by atoms with Gasteiger partial charge in [0.2, 0.25) is 5.91 Å². The van der Waals surface area contributed by atoms with Crippen LogP contribution >= 0.6 is 0 Å². The Kier molecular flexibility index (Phi) is 3.56. The molecule has 23 heavy (non-hydrogen) atoms. The highest BCUT2D eigenvalue weighted by molar-refractivity contribution is 5.92. The summed E-state index contributed by atoms with van der Waals surface area (Å²) in [4.78, 5) is 13.0. The van der Waals surface area contributed by atoms with Crippen molar-refractivity contribution in [2.24, 2.45) is 5.41 Å². The van der Waals surface area contributed by atoms with Crippen molar-refractivity contribution in [3.05, 3.63) is 66.2 Å². The smallest absolute Gasteiger partial charge is 0.250 e. The Labute approximate surface area is 137 Å². The zero-order valence-corrected chi connectivity index (χ0v) is 13.2. The molecule has 4 rings (SSSR count). The van der Waals surface area contributed by atoms with Crippen molar-refractivity contribution in [2.45, 2.75) is 38.1 Å². The number of para-hydroxylation sites is 1. The number of anilines is 1. The molecule has 3 heteroatoms. The average molecular weight is 306 g/mol. The van der Waals surface area contributed by atoms with E-state index in [4.69, 9.17) is 0 Å². The first-order chi connectivity index (χ1) is 11.3. The molecule has 1 spiro atoms. The van der Waals surface area contributed by atoms with Crippen molar-refractivity contribution in [3.8, 4) is 0 Å². The monoisotopic (exact) mass is 306 g/mol. The number of hydrogen-bond donors (Lipinski definition) is 1. The molecule has 2 aromatic rings. The molecule has 2 fully saturated rings. The minimum Gasteiger partial charge on any atom is -0.295 e. The van der Waals surface area contributed by atoms with E-state index >= 15 is 0 Å². The highest BCUT2D eigenvalue weighted by Crippen LogP contribution is 2.57. The fourth-order valence-corrected chi connectivity index (χ4v) is 4.20. The van der Waals surface area contributed by atoms with Gasteiger partial charge in [0.25, 0.3) is 0 Å². The normalized spacial score (nSPS) is 22.7. The highest BCUT2D eigenvalue weighted by atomic mass is 16.2. The van der Waals surface area contributed by atoms with Gasteiger partial charge < -0.3 is 0 Å². The van der Waals surface area contributed by atoms with E-state index in [1.165, 1.54) is 12.0 Å². The van der Waals surface area contributed by atoms with Crippen LogP contribution in [0.25, 0.3) is 0 Å². The average Bonchev–Trinajstić information content (AvgIpc) is 2.63. The molecular weight excluding hydrogens is 284 g/mol. The van der Waals surface area contributed by atoms with Crippen molar-refractivity contribution < 1.29 is 4.79 Å². The second-order valence-electron chi connectivity index (χ2n) is 6.68. The number of β-lactam (4-membered cyclic amide) rings is 1. The molecule has 1 saturated carbocycles. The van der Waals surface area contributed by atoms with E-state index in [9.17, 15) is 4.79 Å². The summed E-state index contributed by atoms with van der Waals surface area (Å²) in [7, 11) is 0. The maximum Gasteiger partial charge on any atom is 0.250 e. The number of carbonyl (C=O) groups excluding carboxylic acids is 1. The van der Waals surface area contributed by atoms with Crippen LogP contribution in [0.1, 0.15) is 43.7 Å². The van der Waals surface area contributed by atoms with Crippen LogP contribution in [0.2, 0.25) is 0 Å². The summed E-state index contributed by atoms with van der Waals surface area (Å²) in [5, 5.41) is 1.84. The fraction of sp³-hybridized carbons (Fsp3) is 0.350. The largest absolute Gasteiger partial charge is 0.295 e. The van der Waals surface area contributed by atoms with Gasteiger partial charge in [0.05, 0.1) is 17.1 Å². The Balaban J connectivity index is 1.67. The molecule has 1 aliphatic heterocycles. The first-order valence-electron chi connectivity index (χ1n) is 8.52. The number of rotatable bonds is 3. The number of hydrogen-bond acceptors (Lipinski definition) is 2. The molecule has 1 atom stereocenters. The van der Waals surface area contributed by atoms with E-state index in [1.807, 2.05) is 41.4 Å². The molecule has 2 aromatic carbocycles. The third kappa shape index (κ3) is 2.31. The molecule has 1 aliphatic carbocycles. The number of hydrazine groups is 1. The third-order valence-electron chi connectivity index (χ3n) is 5.31. The van der Waals surface area contributed by atoms with Crippen LogP contribution in [-0.2, 0) is 4.79 Å². The Morgan fingerprint density at radius 1 is 0.870 bits per heavy atom. The van der Waals surface area contributed by atoms with Gasteiger partial charge >= 0.3 is 0 Å². The van der Waals surface area contributed by atoms with Crippen molar-refractivity contribution >= 4 is 11.6 Å². The maximum absolute atomic E-state index is 13.0. The Morgan fingerprint density at radius 3 is 2.13 bits per heavy atom. The van der Waals surface area contributed by atoms with Crippen molar-refractivity contribution in [3.63, 3.8) is 0 Å². The first kappa shape index (κ1) is 14.3. The zero-order chi connectivity index (χ0) is 15.7. The summed E-state index contributed by atoms with van der Waals surface area (Å²) in [6.07, 6.45) is 5.60. The van der Waals surface area contributed by atoms with E-state index in [0.717, 1.165) is 31.4 Å². The molecule has 1 saturated heterocycles. The van der Waals surface area contributed by atoms with Crippen molar-refractivity contribution in [1.29, 1.82) is 0 Å². The highest BCUT2D eigenvalue weighted by Gasteiger charge is 2.61. The van der Waals surface area contributed by atoms with Gasteiger partial charge in [-0.15, -0.1) is 0 Å².